The quantitative estimate of drug-likeness (QED) is 0.279. The molecule has 0 aromatic heterocycles. The van der Waals surface area contributed by atoms with Gasteiger partial charge in [0.05, 0.1) is 24.1 Å². The van der Waals surface area contributed by atoms with Gasteiger partial charge in [-0.1, -0.05) is 18.2 Å². The molecule has 0 aliphatic rings. The van der Waals surface area contributed by atoms with Gasteiger partial charge in [0.25, 0.3) is 5.69 Å². The zero-order chi connectivity index (χ0) is 19.9. The molecule has 0 heterocycles. The summed E-state index contributed by atoms with van der Waals surface area (Å²) in [5, 5.41) is 22.5. The molecule has 26 heavy (non-hydrogen) atoms. The fourth-order valence-corrected chi connectivity index (χ4v) is 2.62. The lowest BCUT2D eigenvalue weighted by molar-refractivity contribution is -0.486. The Kier molecular flexibility index (Phi) is 7.17. The maximum absolute atomic E-state index is 12.5. The number of carbonyl (C=O) groups is 2. The summed E-state index contributed by atoms with van der Waals surface area (Å²) in [6, 6.07) is 5.25. The monoisotopic (exact) mass is 368 g/mol. The van der Waals surface area contributed by atoms with Gasteiger partial charge in [-0.3, -0.25) is 29.8 Å². The Balaban J connectivity index is 3.65. The fourth-order valence-electron chi connectivity index (χ4n) is 2.62. The van der Waals surface area contributed by atoms with E-state index in [1.54, 1.807) is 0 Å². The van der Waals surface area contributed by atoms with Crippen molar-refractivity contribution in [1.29, 1.82) is 0 Å². The van der Waals surface area contributed by atoms with Gasteiger partial charge < -0.3 is 9.47 Å². The van der Waals surface area contributed by atoms with Crippen LogP contribution in [0.15, 0.2) is 24.3 Å². The first kappa shape index (κ1) is 21.0. The molecule has 1 aromatic rings. The molecule has 0 saturated carbocycles. The molecule has 1 aromatic carbocycles. The Morgan fingerprint density at radius 1 is 1.08 bits per heavy atom. The second-order valence-corrected chi connectivity index (χ2v) is 5.53. The predicted molar refractivity (Wildman–Crippen MR) is 89.1 cm³/mol. The third kappa shape index (κ3) is 4.32. The van der Waals surface area contributed by atoms with E-state index in [0.29, 0.717) is 0 Å². The van der Waals surface area contributed by atoms with Gasteiger partial charge in [0.15, 0.2) is 5.41 Å². The molecule has 0 fully saturated rings. The van der Waals surface area contributed by atoms with Gasteiger partial charge in [-0.2, -0.15) is 0 Å². The molecule has 142 valence electrons. The van der Waals surface area contributed by atoms with Crippen molar-refractivity contribution in [3.8, 4) is 0 Å². The molecule has 1 rings (SSSR count). The molecular formula is C16H20N2O8. The van der Waals surface area contributed by atoms with Gasteiger partial charge in [0.1, 0.15) is 0 Å². The lowest BCUT2D eigenvalue weighted by atomic mass is 9.72. The molecular weight excluding hydrogens is 348 g/mol. The van der Waals surface area contributed by atoms with Crippen molar-refractivity contribution in [2.24, 2.45) is 5.41 Å². The summed E-state index contributed by atoms with van der Waals surface area (Å²) in [7, 11) is 0. The van der Waals surface area contributed by atoms with Crippen molar-refractivity contribution < 1.29 is 28.9 Å². The SMILES string of the molecule is CCOC(=O)C(C)(C(=O)OCC)[C@@H](C[N+](=O)[O-])c1ccccc1[N+](=O)[O-]. The zero-order valence-corrected chi connectivity index (χ0v) is 14.7. The Bertz CT molecular complexity index is 685. The Labute approximate surface area is 149 Å². The summed E-state index contributed by atoms with van der Waals surface area (Å²) in [6.45, 7) is 3.13. The molecule has 1 atom stereocenters. The number of carbonyl (C=O) groups excluding carboxylic acids is 2. The highest BCUT2D eigenvalue weighted by Gasteiger charge is 2.55. The molecule has 0 aliphatic carbocycles. The van der Waals surface area contributed by atoms with Crippen LogP contribution in [0.5, 0.6) is 0 Å². The maximum atomic E-state index is 12.5. The third-order valence-corrected chi connectivity index (χ3v) is 3.94. The van der Waals surface area contributed by atoms with Gasteiger partial charge in [-0.15, -0.1) is 0 Å². The number of hydrogen-bond donors (Lipinski definition) is 0. The normalized spacial score (nSPS) is 12.1. The first-order valence-corrected chi connectivity index (χ1v) is 7.89. The molecule has 0 radical (unpaired) electrons. The number of para-hydroxylation sites is 1. The minimum Gasteiger partial charge on any atom is -0.465 e. The minimum absolute atomic E-state index is 0.0735. The number of ether oxygens (including phenoxy) is 2. The highest BCUT2D eigenvalue weighted by molar-refractivity contribution is 6.01. The van der Waals surface area contributed by atoms with E-state index in [1.165, 1.54) is 32.0 Å². The molecule has 0 aliphatic heterocycles. The van der Waals surface area contributed by atoms with Gasteiger partial charge >= 0.3 is 11.9 Å². The summed E-state index contributed by atoms with van der Waals surface area (Å²) in [4.78, 5) is 46.2. The van der Waals surface area contributed by atoms with Crippen LogP contribution in [0.4, 0.5) is 5.69 Å². The molecule has 0 saturated heterocycles. The summed E-state index contributed by atoms with van der Waals surface area (Å²) in [5.41, 5.74) is -2.66. The molecule has 0 unspecified atom stereocenters. The van der Waals surface area contributed by atoms with Crippen LogP contribution in [0.1, 0.15) is 32.3 Å². The summed E-state index contributed by atoms with van der Waals surface area (Å²) in [6.07, 6.45) is 0. The van der Waals surface area contributed by atoms with E-state index < -0.39 is 45.4 Å². The Morgan fingerprint density at radius 2 is 1.58 bits per heavy atom. The van der Waals surface area contributed by atoms with Crippen LogP contribution in [0.3, 0.4) is 0 Å². The standard InChI is InChI=1S/C16H20N2O8/c1-4-25-14(19)16(3,15(20)26-5-2)12(10-17(21)22)11-8-6-7-9-13(11)18(23)24/h6-9,12H,4-5,10H2,1-3H3/t12-/m0/s1. The second kappa shape index (κ2) is 8.88. The van der Waals surface area contributed by atoms with Gasteiger partial charge in [-0.25, -0.2) is 0 Å². The number of nitrogens with zero attached hydrogens (tertiary/aromatic N) is 2. The molecule has 0 bridgehead atoms. The summed E-state index contributed by atoms with van der Waals surface area (Å²) in [5.74, 6) is -3.52. The predicted octanol–water partition coefficient (Wildman–Crippen LogP) is 2.09. The lowest BCUT2D eigenvalue weighted by Crippen LogP contribution is -2.46. The third-order valence-electron chi connectivity index (χ3n) is 3.94. The van der Waals surface area contributed by atoms with Crippen LogP contribution in [0, 0.1) is 25.6 Å². The Morgan fingerprint density at radius 3 is 2.00 bits per heavy atom. The van der Waals surface area contributed by atoms with E-state index in [0.717, 1.165) is 13.0 Å². The van der Waals surface area contributed by atoms with Crippen LogP contribution in [0.2, 0.25) is 0 Å². The highest BCUT2D eigenvalue weighted by atomic mass is 16.6. The van der Waals surface area contributed by atoms with Gasteiger partial charge in [0, 0.05) is 16.6 Å². The van der Waals surface area contributed by atoms with E-state index in [1.807, 2.05) is 0 Å². The average Bonchev–Trinajstić information content (AvgIpc) is 2.59. The van der Waals surface area contributed by atoms with Crippen LogP contribution in [-0.2, 0) is 19.1 Å². The molecule has 0 amide bonds. The molecule has 10 nitrogen and oxygen atoms in total. The van der Waals surface area contributed by atoms with Crippen LogP contribution < -0.4 is 0 Å². The molecule has 0 spiro atoms. The second-order valence-electron chi connectivity index (χ2n) is 5.53. The lowest BCUT2D eigenvalue weighted by Gasteiger charge is -2.31. The van der Waals surface area contributed by atoms with Crippen LogP contribution in [-0.4, -0.2) is 41.5 Å². The number of nitro groups is 2. The largest absolute Gasteiger partial charge is 0.465 e. The van der Waals surface area contributed by atoms with Crippen molar-refractivity contribution in [2.75, 3.05) is 19.8 Å². The first-order chi connectivity index (χ1) is 12.2. The van der Waals surface area contributed by atoms with E-state index >= 15 is 0 Å². The van der Waals surface area contributed by atoms with E-state index in [4.69, 9.17) is 9.47 Å². The number of hydrogen-bond acceptors (Lipinski definition) is 8. The van der Waals surface area contributed by atoms with Crippen molar-refractivity contribution in [3.63, 3.8) is 0 Å². The van der Waals surface area contributed by atoms with Crippen molar-refractivity contribution in [1.82, 2.24) is 0 Å². The number of esters is 2. The van der Waals surface area contributed by atoms with E-state index in [2.05, 4.69) is 0 Å². The first-order valence-electron chi connectivity index (χ1n) is 7.89. The summed E-state index contributed by atoms with van der Waals surface area (Å²) >= 11 is 0. The topological polar surface area (TPSA) is 139 Å². The van der Waals surface area contributed by atoms with E-state index in [-0.39, 0.29) is 18.8 Å². The highest BCUT2D eigenvalue weighted by Crippen LogP contribution is 2.42. The minimum atomic E-state index is -2.12. The summed E-state index contributed by atoms with van der Waals surface area (Å²) < 4.78 is 9.85. The fraction of sp³-hybridized carbons (Fsp3) is 0.500. The smallest absolute Gasteiger partial charge is 0.324 e. The number of benzene rings is 1. The molecule has 10 heteroatoms. The zero-order valence-electron chi connectivity index (χ0n) is 14.7. The van der Waals surface area contributed by atoms with E-state index in [9.17, 15) is 29.8 Å². The van der Waals surface area contributed by atoms with Crippen LogP contribution >= 0.6 is 0 Å². The number of nitro benzene ring substituents is 1. The van der Waals surface area contributed by atoms with Crippen LogP contribution in [0.25, 0.3) is 0 Å². The van der Waals surface area contributed by atoms with Crippen molar-refractivity contribution in [2.45, 2.75) is 26.7 Å². The Hall–Kier alpha value is -3.04. The van der Waals surface area contributed by atoms with Gasteiger partial charge in [-0.05, 0) is 20.8 Å². The van der Waals surface area contributed by atoms with Crippen molar-refractivity contribution in [3.05, 3.63) is 50.1 Å². The average molecular weight is 368 g/mol. The van der Waals surface area contributed by atoms with Gasteiger partial charge in [0.2, 0.25) is 6.54 Å². The number of rotatable bonds is 9. The maximum Gasteiger partial charge on any atom is 0.324 e. The molecule has 0 N–H and O–H groups in total. The van der Waals surface area contributed by atoms with Crippen molar-refractivity contribution >= 4 is 17.6 Å².